The predicted octanol–water partition coefficient (Wildman–Crippen LogP) is 5.84. The first-order chi connectivity index (χ1) is 20.9. The van der Waals surface area contributed by atoms with Crippen molar-refractivity contribution in [3.63, 3.8) is 0 Å². The summed E-state index contributed by atoms with van der Waals surface area (Å²) in [7, 11) is 0. The maximum Gasteiger partial charge on any atom is 0.269 e. The van der Waals surface area contributed by atoms with Gasteiger partial charge in [-0.15, -0.1) is 12.4 Å². The molecular formula is C29H37BrClIN8O4. The summed E-state index contributed by atoms with van der Waals surface area (Å²) in [6, 6.07) is 13.4. The SMILES string of the molecule is CI.Cl.O=[N+]([O-])c1ccc(CCBr)cc1.O=[N+]([O-])c1ccc(CCN2CCn3cncc3C2)cc1.c1ncn2c1CNCC2. The quantitative estimate of drug-likeness (QED) is 0.107. The van der Waals surface area contributed by atoms with Gasteiger partial charge < -0.3 is 14.5 Å². The van der Waals surface area contributed by atoms with E-state index in [0.29, 0.717) is 0 Å². The minimum absolute atomic E-state index is 0. The van der Waals surface area contributed by atoms with Crippen LogP contribution in [-0.4, -0.2) is 63.7 Å². The minimum atomic E-state index is -0.391. The Kier molecular flexibility index (Phi) is 17.1. The van der Waals surface area contributed by atoms with E-state index in [-0.39, 0.29) is 28.7 Å². The van der Waals surface area contributed by atoms with Crippen LogP contribution in [0.1, 0.15) is 22.5 Å². The van der Waals surface area contributed by atoms with Crippen LogP contribution < -0.4 is 5.32 Å². The topological polar surface area (TPSA) is 137 Å². The van der Waals surface area contributed by atoms with Crippen molar-refractivity contribution in [1.29, 1.82) is 0 Å². The summed E-state index contributed by atoms with van der Waals surface area (Å²) in [6.45, 7) is 7.00. The molecule has 12 nitrogen and oxygen atoms in total. The van der Waals surface area contributed by atoms with Crippen molar-refractivity contribution in [1.82, 2.24) is 29.3 Å². The number of imidazole rings is 2. The van der Waals surface area contributed by atoms with E-state index in [2.05, 4.69) is 67.8 Å². The molecule has 0 saturated heterocycles. The van der Waals surface area contributed by atoms with E-state index >= 15 is 0 Å². The van der Waals surface area contributed by atoms with E-state index in [0.717, 1.165) is 75.1 Å². The van der Waals surface area contributed by atoms with Crippen molar-refractivity contribution in [2.75, 3.05) is 29.9 Å². The summed E-state index contributed by atoms with van der Waals surface area (Å²) in [5.74, 6) is 0. The molecule has 0 radical (unpaired) electrons. The Morgan fingerprint density at radius 2 is 1.34 bits per heavy atom. The van der Waals surface area contributed by atoms with Crippen LogP contribution in [-0.2, 0) is 39.0 Å². The number of hydrogen-bond donors (Lipinski definition) is 1. The summed E-state index contributed by atoms with van der Waals surface area (Å²) >= 11 is 5.45. The molecule has 1 N–H and O–H groups in total. The molecule has 0 saturated carbocycles. The first-order valence-corrected chi connectivity index (χ1v) is 17.0. The third kappa shape index (κ3) is 11.9. The first-order valence-electron chi connectivity index (χ1n) is 13.7. The summed E-state index contributed by atoms with van der Waals surface area (Å²) in [6.07, 6.45) is 9.40. The number of benzene rings is 2. The van der Waals surface area contributed by atoms with Gasteiger partial charge in [-0.2, -0.15) is 0 Å². The first kappa shape index (κ1) is 37.3. The molecule has 238 valence electrons. The van der Waals surface area contributed by atoms with Gasteiger partial charge in [0.05, 0.1) is 33.9 Å². The third-order valence-corrected chi connectivity index (χ3v) is 7.27. The third-order valence-electron chi connectivity index (χ3n) is 6.87. The fraction of sp³-hybridized carbons (Fsp3) is 0.379. The van der Waals surface area contributed by atoms with Gasteiger partial charge in [-0.05, 0) is 28.9 Å². The second-order valence-electron chi connectivity index (χ2n) is 9.65. The highest BCUT2D eigenvalue weighted by Gasteiger charge is 2.15. The van der Waals surface area contributed by atoms with E-state index in [1.807, 2.05) is 42.1 Å². The molecule has 6 rings (SSSR count). The number of fused-ring (bicyclic) bond motifs is 2. The molecular weight excluding hydrogens is 767 g/mol. The van der Waals surface area contributed by atoms with Gasteiger partial charge in [-0.25, -0.2) is 9.97 Å². The molecule has 44 heavy (non-hydrogen) atoms. The summed E-state index contributed by atoms with van der Waals surface area (Å²) in [5, 5.41) is 25.0. The predicted molar refractivity (Wildman–Crippen MR) is 186 cm³/mol. The van der Waals surface area contributed by atoms with Crippen molar-refractivity contribution in [3.8, 4) is 0 Å². The highest BCUT2D eigenvalue weighted by Crippen LogP contribution is 2.15. The molecule has 0 unspecified atom stereocenters. The number of nitrogens with one attached hydrogen (secondary N) is 1. The number of hydrogen-bond acceptors (Lipinski definition) is 8. The van der Waals surface area contributed by atoms with Crippen LogP contribution in [0.25, 0.3) is 0 Å². The van der Waals surface area contributed by atoms with Crippen LogP contribution in [0.2, 0.25) is 0 Å². The fourth-order valence-corrected chi connectivity index (χ4v) is 4.96. The molecule has 4 aromatic rings. The van der Waals surface area contributed by atoms with Crippen molar-refractivity contribution in [2.24, 2.45) is 0 Å². The normalized spacial score (nSPS) is 13.2. The molecule has 2 aliphatic heterocycles. The number of rotatable bonds is 7. The number of nitro groups is 2. The lowest BCUT2D eigenvalue weighted by atomic mass is 10.1. The zero-order chi connectivity index (χ0) is 31.0. The number of non-ortho nitro benzene ring substituents is 2. The van der Waals surface area contributed by atoms with Gasteiger partial charge in [0.25, 0.3) is 11.4 Å². The molecule has 15 heteroatoms. The maximum atomic E-state index is 10.6. The van der Waals surface area contributed by atoms with Crippen LogP contribution in [0.3, 0.4) is 0 Å². The second-order valence-corrected chi connectivity index (χ2v) is 10.4. The number of alkyl halides is 2. The van der Waals surface area contributed by atoms with Crippen LogP contribution in [0, 0.1) is 20.2 Å². The molecule has 0 spiro atoms. The van der Waals surface area contributed by atoms with Crippen LogP contribution in [0.15, 0.2) is 73.6 Å². The van der Waals surface area contributed by atoms with Crippen LogP contribution in [0.4, 0.5) is 11.4 Å². The van der Waals surface area contributed by atoms with Gasteiger partial charge in [0.2, 0.25) is 0 Å². The van der Waals surface area contributed by atoms with Gasteiger partial charge in [0, 0.05) is 87.8 Å². The number of nitro benzene ring substituents is 2. The average Bonchev–Trinajstić information content (AvgIpc) is 3.72. The molecule has 0 atom stereocenters. The minimum Gasteiger partial charge on any atom is -0.332 e. The zero-order valence-electron chi connectivity index (χ0n) is 24.4. The lowest BCUT2D eigenvalue weighted by Crippen LogP contribution is -2.34. The Balaban J connectivity index is 0.000000240. The maximum absolute atomic E-state index is 10.6. The zero-order valence-corrected chi connectivity index (χ0v) is 29.0. The Bertz CT molecular complexity index is 1400. The number of halogens is 3. The second kappa shape index (κ2) is 20.2. The molecule has 0 fully saturated rings. The van der Waals surface area contributed by atoms with Crippen molar-refractivity contribution >= 4 is 62.3 Å². The molecule has 4 heterocycles. The summed E-state index contributed by atoms with van der Waals surface area (Å²) in [4.78, 5) is 32.6. The highest BCUT2D eigenvalue weighted by molar-refractivity contribution is 14.1. The fourth-order valence-electron chi connectivity index (χ4n) is 4.51. The largest absolute Gasteiger partial charge is 0.332 e. The van der Waals surface area contributed by atoms with E-state index in [1.54, 1.807) is 24.3 Å². The summed E-state index contributed by atoms with van der Waals surface area (Å²) in [5.41, 5.74) is 5.08. The molecule has 0 aliphatic carbocycles. The lowest BCUT2D eigenvalue weighted by Gasteiger charge is -2.27. The van der Waals surface area contributed by atoms with E-state index in [9.17, 15) is 20.2 Å². The van der Waals surface area contributed by atoms with Gasteiger partial charge in [0.15, 0.2) is 0 Å². The standard InChI is InChI=1S/C14H16N4O2.C8H8BrNO2.C6H9N3.CH3I.ClH/c19-18(20)13-3-1-12(2-4-13)5-6-16-7-8-17-11-15-9-14(17)10-16;9-6-5-7-1-3-8(4-2-7)10(11)12;1-2-9-5-8-4-6(9)3-7-1;1-2;/h1-4,9,11H,5-8,10H2;1-4H,5-6H2;4-5,7H,1-3H2;1H3;1H. The van der Waals surface area contributed by atoms with E-state index in [4.69, 9.17) is 0 Å². The Labute approximate surface area is 285 Å². The van der Waals surface area contributed by atoms with Gasteiger partial charge in [-0.3, -0.25) is 25.1 Å². The number of aryl methyl sites for hydroxylation is 1. The van der Waals surface area contributed by atoms with Gasteiger partial charge in [0.1, 0.15) is 0 Å². The molecule has 0 bridgehead atoms. The Morgan fingerprint density at radius 3 is 1.86 bits per heavy atom. The van der Waals surface area contributed by atoms with Crippen molar-refractivity contribution in [3.05, 3.63) is 116 Å². The molecule has 2 aliphatic rings. The highest BCUT2D eigenvalue weighted by atomic mass is 127. The number of nitrogens with zero attached hydrogens (tertiary/aromatic N) is 7. The van der Waals surface area contributed by atoms with Gasteiger partial charge in [-0.1, -0.05) is 62.8 Å². The van der Waals surface area contributed by atoms with Crippen molar-refractivity contribution in [2.45, 2.75) is 39.0 Å². The lowest BCUT2D eigenvalue weighted by molar-refractivity contribution is -0.385. The smallest absolute Gasteiger partial charge is 0.269 e. The van der Waals surface area contributed by atoms with E-state index < -0.39 is 4.92 Å². The summed E-state index contributed by atoms with van der Waals surface area (Å²) < 4.78 is 4.36. The van der Waals surface area contributed by atoms with Crippen LogP contribution in [0.5, 0.6) is 0 Å². The molecule has 2 aromatic carbocycles. The van der Waals surface area contributed by atoms with Gasteiger partial charge >= 0.3 is 0 Å². The number of aromatic nitrogens is 4. The van der Waals surface area contributed by atoms with E-state index in [1.165, 1.54) is 23.5 Å². The average molecular weight is 804 g/mol. The molecule has 2 aromatic heterocycles. The Hall–Kier alpha value is -2.92. The van der Waals surface area contributed by atoms with Crippen LogP contribution >= 0.6 is 50.9 Å². The Morgan fingerprint density at radius 1 is 0.818 bits per heavy atom. The van der Waals surface area contributed by atoms with Crippen molar-refractivity contribution < 1.29 is 9.85 Å². The monoisotopic (exact) mass is 802 g/mol. The molecule has 0 amide bonds.